The minimum absolute atomic E-state index is 0.107. The topological polar surface area (TPSA) is 92.7 Å². The van der Waals surface area contributed by atoms with Crippen molar-refractivity contribution in [1.82, 2.24) is 5.32 Å². The van der Waals surface area contributed by atoms with E-state index in [1.54, 1.807) is 0 Å². The summed E-state index contributed by atoms with van der Waals surface area (Å²) in [6, 6.07) is 0. The van der Waals surface area contributed by atoms with E-state index >= 15 is 0 Å². The number of hydrogen-bond donors (Lipinski definition) is 2. The third-order valence-electron chi connectivity index (χ3n) is 8.46. The lowest BCUT2D eigenvalue weighted by Crippen LogP contribution is -2.28. The molecule has 0 rings (SSSR count). The maximum absolute atomic E-state index is 12.6. The van der Waals surface area contributed by atoms with Gasteiger partial charge in [-0.05, 0) is 83.1 Å². The molecule has 276 valence electrons. The Morgan fingerprint density at radius 3 is 1.56 bits per heavy atom. The van der Waals surface area contributed by atoms with E-state index in [0.717, 1.165) is 64.2 Å². The number of hydrogen-bond acceptors (Lipinski definition) is 4. The number of rotatable bonds is 35. The van der Waals surface area contributed by atoms with Crippen LogP contribution in [0.1, 0.15) is 187 Å². The molecule has 0 spiro atoms. The van der Waals surface area contributed by atoms with Crippen LogP contribution in [0.4, 0.5) is 0 Å². The first-order valence-electron chi connectivity index (χ1n) is 19.8. The molecule has 6 nitrogen and oxygen atoms in total. The lowest BCUT2D eigenvalue weighted by molar-refractivity contribution is -0.147. The van der Waals surface area contributed by atoms with Gasteiger partial charge in [0.25, 0.3) is 0 Å². The van der Waals surface area contributed by atoms with E-state index in [0.29, 0.717) is 12.8 Å². The molecule has 0 bridgehead atoms. The van der Waals surface area contributed by atoms with Crippen molar-refractivity contribution in [1.29, 1.82) is 0 Å². The predicted molar refractivity (Wildman–Crippen MR) is 203 cm³/mol. The van der Waals surface area contributed by atoms with Gasteiger partial charge in [-0.15, -0.1) is 0 Å². The Hall–Kier alpha value is -2.63. The summed E-state index contributed by atoms with van der Waals surface area (Å²) >= 11 is 0. The molecule has 0 aromatic heterocycles. The molecule has 0 saturated carbocycles. The summed E-state index contributed by atoms with van der Waals surface area (Å²) < 4.78 is 5.87. The van der Waals surface area contributed by atoms with Crippen molar-refractivity contribution in [2.45, 2.75) is 193 Å². The smallest absolute Gasteiger partial charge is 0.322 e. The van der Waals surface area contributed by atoms with E-state index < -0.39 is 5.97 Å². The molecule has 2 N–H and O–H groups in total. The molecule has 0 fully saturated rings. The molecule has 1 unspecified atom stereocenters. The summed E-state index contributed by atoms with van der Waals surface area (Å²) in [5.74, 6) is -1.36. The zero-order chi connectivity index (χ0) is 35.2. The third-order valence-corrected chi connectivity index (χ3v) is 8.46. The maximum atomic E-state index is 12.6. The molecule has 0 radical (unpaired) electrons. The zero-order valence-electron chi connectivity index (χ0n) is 31.1. The highest BCUT2D eigenvalue weighted by atomic mass is 16.5. The third kappa shape index (κ3) is 36.2. The Labute approximate surface area is 295 Å². The van der Waals surface area contributed by atoms with Gasteiger partial charge in [0.15, 0.2) is 0 Å². The number of amides is 1. The first-order chi connectivity index (χ1) is 23.5. The molecule has 0 aromatic rings. The number of carbonyl (C=O) groups excluding carboxylic acids is 2. The zero-order valence-corrected chi connectivity index (χ0v) is 31.1. The lowest BCUT2D eigenvalue weighted by Gasteiger charge is -2.14. The van der Waals surface area contributed by atoms with Gasteiger partial charge in [0.05, 0.1) is 0 Å². The van der Waals surface area contributed by atoms with Crippen molar-refractivity contribution in [3.63, 3.8) is 0 Å². The van der Waals surface area contributed by atoms with Crippen LogP contribution < -0.4 is 5.32 Å². The van der Waals surface area contributed by atoms with E-state index in [2.05, 4.69) is 61.7 Å². The van der Waals surface area contributed by atoms with Gasteiger partial charge >= 0.3 is 11.9 Å². The first kappa shape index (κ1) is 45.4. The Kier molecular flexibility index (Phi) is 35.2. The second kappa shape index (κ2) is 37.2. The minimum Gasteiger partial charge on any atom is -0.480 e. The highest BCUT2D eigenvalue weighted by Crippen LogP contribution is 2.15. The average molecular weight is 672 g/mol. The molecular formula is C42H73NO5. The van der Waals surface area contributed by atoms with Gasteiger partial charge in [-0.25, -0.2) is 0 Å². The first-order valence-corrected chi connectivity index (χ1v) is 19.8. The van der Waals surface area contributed by atoms with Crippen molar-refractivity contribution >= 4 is 17.8 Å². The predicted octanol–water partition coefficient (Wildman–Crippen LogP) is 11.9. The van der Waals surface area contributed by atoms with Crippen molar-refractivity contribution in [3.05, 3.63) is 48.6 Å². The number of ether oxygens (including phenoxy) is 1. The molecule has 48 heavy (non-hydrogen) atoms. The Morgan fingerprint density at radius 2 is 1.02 bits per heavy atom. The van der Waals surface area contributed by atoms with Crippen LogP contribution >= 0.6 is 0 Å². The molecule has 0 saturated heterocycles. The molecule has 0 aliphatic rings. The normalized spacial score (nSPS) is 12.5. The number of esters is 1. The summed E-state index contributed by atoms with van der Waals surface area (Å²) in [6.45, 7) is 4.15. The summed E-state index contributed by atoms with van der Waals surface area (Å²) in [6.07, 6.45) is 46.7. The number of carboxylic acid groups (broad SMARTS) is 1. The molecule has 6 heteroatoms. The van der Waals surface area contributed by atoms with Crippen molar-refractivity contribution in [2.24, 2.45) is 0 Å². The molecule has 1 atom stereocenters. The standard InChI is InChI=1S/C42H73NO5/c1-3-5-7-9-11-13-14-15-16-17-18-19-20-21-23-25-27-33-37-42(47)48-39(34-30-26-24-22-12-10-8-6-4-2)35-31-28-29-32-36-40(44)43-38-41(45)46/h13-14,16-17,22,24,30,34,39H,3-12,15,18-21,23,25-29,31-33,35-38H2,1-2H3,(H,43,44)(H,45,46)/b14-13-,17-16-,24-22-,34-30-. The van der Waals surface area contributed by atoms with Gasteiger partial charge in [0.2, 0.25) is 5.91 Å². The number of unbranched alkanes of at least 4 members (excludes halogenated alkanes) is 18. The quantitative estimate of drug-likeness (QED) is 0.0397. The van der Waals surface area contributed by atoms with Crippen molar-refractivity contribution in [3.8, 4) is 0 Å². The molecule has 0 aliphatic carbocycles. The summed E-state index contributed by atoms with van der Waals surface area (Å²) in [5, 5.41) is 11.1. The number of nitrogens with one attached hydrogen (secondary N) is 1. The highest BCUT2D eigenvalue weighted by molar-refractivity contribution is 5.80. The SMILES string of the molecule is CCCCCC/C=C\C/C=C\CCCCCCCCCC(=O)OC(/C=C\C/C=C\CCCCCC)CCCCCCC(=O)NCC(=O)O. The molecule has 0 aliphatic heterocycles. The second-order valence-corrected chi connectivity index (χ2v) is 13.2. The van der Waals surface area contributed by atoms with E-state index in [1.807, 2.05) is 6.08 Å². The van der Waals surface area contributed by atoms with Gasteiger partial charge in [-0.3, -0.25) is 14.4 Å². The van der Waals surface area contributed by atoms with Crippen LogP contribution in [-0.4, -0.2) is 35.6 Å². The van der Waals surface area contributed by atoms with Crippen LogP contribution in [0.5, 0.6) is 0 Å². The van der Waals surface area contributed by atoms with Gasteiger partial charge < -0.3 is 15.2 Å². The van der Waals surface area contributed by atoms with Gasteiger partial charge in [0, 0.05) is 12.8 Å². The van der Waals surface area contributed by atoms with E-state index in [1.165, 1.54) is 96.3 Å². The minimum atomic E-state index is -1.03. The fourth-order valence-corrected chi connectivity index (χ4v) is 5.49. The lowest BCUT2D eigenvalue weighted by atomic mass is 10.1. The fraction of sp³-hybridized carbons (Fsp3) is 0.738. The molecule has 0 heterocycles. The molecular weight excluding hydrogens is 598 g/mol. The van der Waals surface area contributed by atoms with Gasteiger partial charge in [0.1, 0.15) is 12.6 Å². The van der Waals surface area contributed by atoms with Crippen molar-refractivity contribution in [2.75, 3.05) is 6.54 Å². The van der Waals surface area contributed by atoms with Gasteiger partial charge in [-0.2, -0.15) is 0 Å². The van der Waals surface area contributed by atoms with Crippen LogP contribution in [0, 0.1) is 0 Å². The van der Waals surface area contributed by atoms with Crippen LogP contribution in [0.15, 0.2) is 48.6 Å². The van der Waals surface area contributed by atoms with Crippen LogP contribution in [-0.2, 0) is 19.1 Å². The van der Waals surface area contributed by atoms with Crippen molar-refractivity contribution < 1.29 is 24.2 Å². The number of carboxylic acids is 1. The van der Waals surface area contributed by atoms with Crippen LogP contribution in [0.2, 0.25) is 0 Å². The Balaban J connectivity index is 4.17. The molecule has 0 aromatic carbocycles. The van der Waals surface area contributed by atoms with Crippen LogP contribution in [0.3, 0.4) is 0 Å². The molecule has 1 amide bonds. The largest absolute Gasteiger partial charge is 0.480 e. The number of carbonyl (C=O) groups is 3. The van der Waals surface area contributed by atoms with Gasteiger partial charge in [-0.1, -0.05) is 140 Å². The summed E-state index contributed by atoms with van der Waals surface area (Å²) in [4.78, 5) is 34.9. The van der Waals surface area contributed by atoms with Crippen LogP contribution in [0.25, 0.3) is 0 Å². The summed E-state index contributed by atoms with van der Waals surface area (Å²) in [5.41, 5.74) is 0. The van der Waals surface area contributed by atoms with E-state index in [9.17, 15) is 14.4 Å². The Morgan fingerprint density at radius 1 is 0.562 bits per heavy atom. The fourth-order valence-electron chi connectivity index (χ4n) is 5.49. The van der Waals surface area contributed by atoms with E-state index in [-0.39, 0.29) is 24.5 Å². The second-order valence-electron chi connectivity index (χ2n) is 13.2. The number of aliphatic carboxylic acids is 1. The monoisotopic (exact) mass is 672 g/mol. The summed E-state index contributed by atoms with van der Waals surface area (Å²) in [7, 11) is 0. The highest BCUT2D eigenvalue weighted by Gasteiger charge is 2.12. The maximum Gasteiger partial charge on any atom is 0.322 e. The Bertz CT molecular complexity index is 875. The number of allylic oxidation sites excluding steroid dienone is 7. The average Bonchev–Trinajstić information content (AvgIpc) is 3.07. The van der Waals surface area contributed by atoms with E-state index in [4.69, 9.17) is 9.84 Å².